The van der Waals surface area contributed by atoms with E-state index in [4.69, 9.17) is 14.7 Å². The van der Waals surface area contributed by atoms with E-state index >= 15 is 0 Å². The molecule has 0 N–H and O–H groups in total. The van der Waals surface area contributed by atoms with E-state index in [1.54, 1.807) is 0 Å². The molecule has 0 fully saturated rings. The number of fused-ring (bicyclic) bond motifs is 13. The average molecular weight is 613 g/mol. The second-order valence-electron chi connectivity index (χ2n) is 12.8. The Bertz CT molecular complexity index is 2400. The summed E-state index contributed by atoms with van der Waals surface area (Å²) in [5, 5.41) is 4.79. The first kappa shape index (κ1) is 27.9. The number of rotatable bonds is 0. The molecule has 10 rings (SSSR count). The SMILES string of the molecule is c1ccc2c(c1)c1ccc3cc1n2-c1ccc(cn1)CCCCCCCCc1ccnc(c1)-n1c2ccccc2c2ccc(cc21)O3. The van der Waals surface area contributed by atoms with E-state index in [0.717, 1.165) is 58.0 Å². The van der Waals surface area contributed by atoms with Gasteiger partial charge in [0.2, 0.25) is 0 Å². The Hall–Kier alpha value is -5.42. The van der Waals surface area contributed by atoms with Crippen LogP contribution in [0.4, 0.5) is 0 Å². The molecule has 4 aromatic heterocycles. The molecular formula is C42H36N4O. The van der Waals surface area contributed by atoms with Crippen LogP contribution >= 0.6 is 0 Å². The first-order valence-corrected chi connectivity index (χ1v) is 17.0. The minimum absolute atomic E-state index is 0.787. The highest BCUT2D eigenvalue weighted by Gasteiger charge is 2.17. The first-order chi connectivity index (χ1) is 23.3. The molecule has 0 spiro atoms. The van der Waals surface area contributed by atoms with Gasteiger partial charge in [0, 0.05) is 46.1 Å². The van der Waals surface area contributed by atoms with Gasteiger partial charge in [-0.1, -0.05) is 68.1 Å². The molecule has 2 aliphatic heterocycles. The van der Waals surface area contributed by atoms with Gasteiger partial charge in [-0.15, -0.1) is 0 Å². The van der Waals surface area contributed by atoms with Crippen molar-refractivity contribution in [3.05, 3.63) is 133 Å². The molecule has 2 aliphatic rings. The number of para-hydroxylation sites is 2. The van der Waals surface area contributed by atoms with Gasteiger partial charge in [0.15, 0.2) is 0 Å². The van der Waals surface area contributed by atoms with Crippen LogP contribution in [0.1, 0.15) is 49.7 Å². The summed E-state index contributed by atoms with van der Waals surface area (Å²) in [5.74, 6) is 3.45. The summed E-state index contributed by atoms with van der Waals surface area (Å²) in [4.78, 5) is 9.86. The van der Waals surface area contributed by atoms with Crippen LogP contribution < -0.4 is 4.74 Å². The highest BCUT2D eigenvalue weighted by Crippen LogP contribution is 2.37. The third-order valence-corrected chi connectivity index (χ3v) is 9.78. The maximum Gasteiger partial charge on any atom is 0.137 e. The summed E-state index contributed by atoms with van der Waals surface area (Å²) in [7, 11) is 0. The second kappa shape index (κ2) is 11.7. The lowest BCUT2D eigenvalue weighted by atomic mass is 10.0. The predicted molar refractivity (Wildman–Crippen MR) is 192 cm³/mol. The van der Waals surface area contributed by atoms with Crippen LogP contribution in [0.3, 0.4) is 0 Å². The lowest BCUT2D eigenvalue weighted by Crippen LogP contribution is -1.99. The van der Waals surface area contributed by atoms with E-state index in [-0.39, 0.29) is 0 Å². The molecule has 0 radical (unpaired) electrons. The Balaban J connectivity index is 1.20. The largest absolute Gasteiger partial charge is 0.457 e. The van der Waals surface area contributed by atoms with Crippen molar-refractivity contribution in [2.24, 2.45) is 0 Å². The second-order valence-corrected chi connectivity index (χ2v) is 12.8. The van der Waals surface area contributed by atoms with E-state index < -0.39 is 0 Å². The molecule has 5 heteroatoms. The molecule has 8 bridgehead atoms. The van der Waals surface area contributed by atoms with E-state index in [9.17, 15) is 0 Å². The molecule has 0 unspecified atom stereocenters. The van der Waals surface area contributed by atoms with Gasteiger partial charge in [0.25, 0.3) is 0 Å². The normalized spacial score (nSPS) is 14.3. The Morgan fingerprint density at radius 3 is 1.66 bits per heavy atom. The van der Waals surface area contributed by atoms with Crippen molar-refractivity contribution in [3.8, 4) is 23.1 Å². The van der Waals surface area contributed by atoms with Crippen molar-refractivity contribution in [2.75, 3.05) is 0 Å². The van der Waals surface area contributed by atoms with Crippen LogP contribution in [0.5, 0.6) is 11.5 Å². The van der Waals surface area contributed by atoms with E-state index in [1.807, 2.05) is 6.20 Å². The first-order valence-electron chi connectivity index (χ1n) is 17.0. The van der Waals surface area contributed by atoms with Crippen LogP contribution in [0.15, 0.2) is 122 Å². The third kappa shape index (κ3) is 5.03. The number of pyridine rings is 2. The summed E-state index contributed by atoms with van der Waals surface area (Å²) >= 11 is 0. The van der Waals surface area contributed by atoms with Gasteiger partial charge in [0.05, 0.1) is 22.1 Å². The standard InChI is InChI=1S/C42H36N4O/c1-2-4-6-12-30-17-22-41(44-28-30)45-37-15-9-7-13-33(37)35-20-18-31(26-39(35)45)47-32-19-21-36-34-14-8-10-16-38(34)46(40(36)27-32)42-25-29(11-5-3-1)23-24-43-42/h7-10,13-28H,1-6,11-12H2. The van der Waals surface area contributed by atoms with Gasteiger partial charge in [-0.25, -0.2) is 9.97 Å². The van der Waals surface area contributed by atoms with Gasteiger partial charge >= 0.3 is 0 Å². The van der Waals surface area contributed by atoms with E-state index in [2.05, 4.69) is 125 Å². The van der Waals surface area contributed by atoms with Crippen molar-refractivity contribution in [1.29, 1.82) is 0 Å². The molecule has 0 saturated heterocycles. The predicted octanol–water partition coefficient (Wildman–Crippen LogP) is 10.9. The van der Waals surface area contributed by atoms with Gasteiger partial charge in [-0.05, 0) is 91.4 Å². The highest BCUT2D eigenvalue weighted by atomic mass is 16.5. The van der Waals surface area contributed by atoms with Gasteiger partial charge in [-0.3, -0.25) is 9.13 Å². The Morgan fingerprint density at radius 2 is 1.02 bits per heavy atom. The zero-order valence-corrected chi connectivity index (χ0v) is 26.4. The number of hydrogen-bond acceptors (Lipinski definition) is 3. The summed E-state index contributed by atoms with van der Waals surface area (Å²) in [6.45, 7) is 0. The van der Waals surface area contributed by atoms with Crippen LogP contribution in [0.2, 0.25) is 0 Å². The number of aromatic nitrogens is 4. The molecule has 230 valence electrons. The van der Waals surface area contributed by atoms with Crippen molar-refractivity contribution < 1.29 is 4.74 Å². The van der Waals surface area contributed by atoms with Gasteiger partial charge in [-0.2, -0.15) is 0 Å². The molecule has 5 nitrogen and oxygen atoms in total. The van der Waals surface area contributed by atoms with Crippen molar-refractivity contribution in [2.45, 2.75) is 51.4 Å². The van der Waals surface area contributed by atoms with Crippen molar-refractivity contribution in [1.82, 2.24) is 19.1 Å². The highest BCUT2D eigenvalue weighted by molar-refractivity contribution is 6.10. The van der Waals surface area contributed by atoms with Gasteiger partial charge in [0.1, 0.15) is 23.1 Å². The quantitative estimate of drug-likeness (QED) is 0.171. The Morgan fingerprint density at radius 1 is 0.447 bits per heavy atom. The maximum atomic E-state index is 6.65. The molecule has 0 saturated carbocycles. The van der Waals surface area contributed by atoms with E-state index in [0.29, 0.717) is 0 Å². The number of ether oxygens (including phenoxy) is 1. The van der Waals surface area contributed by atoms with E-state index in [1.165, 1.54) is 71.2 Å². The molecule has 6 heterocycles. The fraction of sp³-hybridized carbons (Fsp3) is 0.190. The lowest BCUT2D eigenvalue weighted by Gasteiger charge is -2.11. The fourth-order valence-corrected chi connectivity index (χ4v) is 7.46. The number of benzene rings is 4. The smallest absolute Gasteiger partial charge is 0.137 e. The van der Waals surface area contributed by atoms with Crippen LogP contribution in [0, 0.1) is 0 Å². The number of hydrogen-bond donors (Lipinski definition) is 0. The van der Waals surface area contributed by atoms with Crippen molar-refractivity contribution >= 4 is 43.6 Å². The summed E-state index contributed by atoms with van der Waals surface area (Å²) in [6, 6.07) is 38.8. The Labute approximate surface area is 274 Å². The maximum absolute atomic E-state index is 6.65. The molecule has 0 atom stereocenters. The van der Waals surface area contributed by atoms with Gasteiger partial charge < -0.3 is 4.74 Å². The average Bonchev–Trinajstić information content (AvgIpc) is 3.61. The fourth-order valence-electron chi connectivity index (χ4n) is 7.46. The monoisotopic (exact) mass is 612 g/mol. The van der Waals surface area contributed by atoms with Crippen molar-refractivity contribution in [3.63, 3.8) is 0 Å². The molecule has 0 amide bonds. The zero-order valence-electron chi connectivity index (χ0n) is 26.4. The minimum atomic E-state index is 0.787. The molecule has 0 aliphatic carbocycles. The zero-order chi connectivity index (χ0) is 31.2. The van der Waals surface area contributed by atoms with Crippen LogP contribution in [-0.2, 0) is 12.8 Å². The molecule has 47 heavy (non-hydrogen) atoms. The Kier molecular flexibility index (Phi) is 6.96. The summed E-state index contributed by atoms with van der Waals surface area (Å²) < 4.78 is 11.2. The molecule has 8 aromatic rings. The molecular weight excluding hydrogens is 576 g/mol. The topological polar surface area (TPSA) is 44.9 Å². The number of aryl methyl sites for hydroxylation is 2. The summed E-state index contributed by atoms with van der Waals surface area (Å²) in [6.07, 6.45) is 13.6. The molecule has 4 aromatic carbocycles. The summed E-state index contributed by atoms with van der Waals surface area (Å²) in [5.41, 5.74) is 7.09. The number of nitrogens with zero attached hydrogens (tertiary/aromatic N) is 4. The van der Waals surface area contributed by atoms with Crippen LogP contribution in [-0.4, -0.2) is 19.1 Å². The third-order valence-electron chi connectivity index (χ3n) is 9.78. The lowest BCUT2D eigenvalue weighted by molar-refractivity contribution is 0.484. The minimum Gasteiger partial charge on any atom is -0.457 e. The van der Waals surface area contributed by atoms with Crippen LogP contribution in [0.25, 0.3) is 55.2 Å².